The zero-order valence-corrected chi connectivity index (χ0v) is 14.4. The van der Waals surface area contributed by atoms with Gasteiger partial charge in [-0.3, -0.25) is 14.9 Å². The van der Waals surface area contributed by atoms with Gasteiger partial charge < -0.3 is 10.1 Å². The summed E-state index contributed by atoms with van der Waals surface area (Å²) in [6.45, 7) is 3.51. The topological polar surface area (TPSA) is 98.5 Å². The lowest BCUT2D eigenvalue weighted by Crippen LogP contribution is -2.13. The summed E-state index contributed by atoms with van der Waals surface area (Å²) in [5, 5.41) is 13.3. The maximum absolute atomic E-state index is 11.9. The van der Waals surface area contributed by atoms with Crippen molar-refractivity contribution in [2.75, 3.05) is 5.32 Å². The molecule has 0 aliphatic carbocycles. The van der Waals surface area contributed by atoms with Crippen molar-refractivity contribution in [1.82, 2.24) is 0 Å². The van der Waals surface area contributed by atoms with Gasteiger partial charge in [0.15, 0.2) is 0 Å². The normalized spacial score (nSPS) is 10.8. The van der Waals surface area contributed by atoms with E-state index in [1.165, 1.54) is 24.3 Å². The van der Waals surface area contributed by atoms with Crippen LogP contribution in [0.25, 0.3) is 6.08 Å². The molecule has 25 heavy (non-hydrogen) atoms. The average molecular weight is 360 g/mol. The lowest BCUT2D eigenvalue weighted by molar-refractivity contribution is -0.380. The van der Waals surface area contributed by atoms with Crippen LogP contribution in [0.5, 0.6) is 0 Å². The Labute approximate surface area is 148 Å². The number of nitrogens with one attached hydrogen (secondary N) is 1. The van der Waals surface area contributed by atoms with E-state index in [0.29, 0.717) is 16.1 Å². The molecular formula is C17H16N2O5S. The predicted molar refractivity (Wildman–Crippen MR) is 95.6 cm³/mol. The van der Waals surface area contributed by atoms with E-state index >= 15 is 0 Å². The quantitative estimate of drug-likeness (QED) is 0.365. The Morgan fingerprint density at radius 3 is 2.68 bits per heavy atom. The second-order valence-corrected chi connectivity index (χ2v) is 6.38. The molecule has 1 aromatic heterocycles. The molecule has 7 nitrogen and oxygen atoms in total. The van der Waals surface area contributed by atoms with Crippen molar-refractivity contribution in [2.24, 2.45) is 0 Å². The van der Waals surface area contributed by atoms with Gasteiger partial charge in [-0.15, -0.1) is 0 Å². The zero-order valence-electron chi connectivity index (χ0n) is 13.6. The van der Waals surface area contributed by atoms with Crippen LogP contribution in [-0.2, 0) is 9.53 Å². The number of benzene rings is 1. The second kappa shape index (κ2) is 8.20. The van der Waals surface area contributed by atoms with Gasteiger partial charge in [0, 0.05) is 22.7 Å². The fourth-order valence-electron chi connectivity index (χ4n) is 1.88. The Morgan fingerprint density at radius 1 is 1.28 bits per heavy atom. The fraction of sp³-hybridized carbons (Fsp3) is 0.176. The molecule has 2 rings (SSSR count). The maximum atomic E-state index is 11.9. The van der Waals surface area contributed by atoms with Crippen LogP contribution in [0.1, 0.15) is 29.1 Å². The molecule has 0 saturated carbocycles. The largest absolute Gasteiger partial charge is 0.459 e. The first kappa shape index (κ1) is 18.3. The number of ether oxygens (including phenoxy) is 1. The molecule has 0 fully saturated rings. The molecular weight excluding hydrogens is 344 g/mol. The first-order valence-electron chi connectivity index (χ1n) is 7.39. The molecule has 8 heteroatoms. The SMILES string of the molecule is CC(C)OC(=O)c1cccc(NC(=O)/C=C/c2ccc([N+](=O)[O-])s2)c1. The highest BCUT2D eigenvalue weighted by atomic mass is 32.1. The van der Waals surface area contributed by atoms with Gasteiger partial charge in [-0.05, 0) is 44.2 Å². The van der Waals surface area contributed by atoms with Gasteiger partial charge in [0.25, 0.3) is 0 Å². The fourth-order valence-corrected chi connectivity index (χ4v) is 2.60. The number of thiophene rings is 1. The summed E-state index contributed by atoms with van der Waals surface area (Å²) < 4.78 is 5.10. The highest BCUT2D eigenvalue weighted by molar-refractivity contribution is 7.16. The number of anilines is 1. The van der Waals surface area contributed by atoms with Crippen LogP contribution in [-0.4, -0.2) is 22.9 Å². The number of hydrogen-bond donors (Lipinski definition) is 1. The van der Waals surface area contributed by atoms with Crippen molar-refractivity contribution >= 4 is 40.0 Å². The highest BCUT2D eigenvalue weighted by Gasteiger charge is 2.11. The number of amides is 1. The number of carbonyl (C=O) groups is 2. The highest BCUT2D eigenvalue weighted by Crippen LogP contribution is 2.24. The molecule has 0 atom stereocenters. The van der Waals surface area contributed by atoms with E-state index in [2.05, 4.69) is 5.32 Å². The van der Waals surface area contributed by atoms with E-state index in [0.717, 1.165) is 11.3 Å². The molecule has 0 aliphatic rings. The minimum Gasteiger partial charge on any atom is -0.459 e. The zero-order chi connectivity index (χ0) is 18.4. The van der Waals surface area contributed by atoms with Crippen LogP contribution in [0.2, 0.25) is 0 Å². The monoisotopic (exact) mass is 360 g/mol. The number of nitrogens with zero attached hydrogens (tertiary/aromatic N) is 1. The van der Waals surface area contributed by atoms with E-state index in [1.807, 2.05) is 0 Å². The molecule has 0 bridgehead atoms. The van der Waals surface area contributed by atoms with Crippen LogP contribution < -0.4 is 5.32 Å². The maximum Gasteiger partial charge on any atom is 0.338 e. The number of carbonyl (C=O) groups excluding carboxylic acids is 2. The second-order valence-electron chi connectivity index (χ2n) is 5.29. The molecule has 0 radical (unpaired) electrons. The summed E-state index contributed by atoms with van der Waals surface area (Å²) >= 11 is 0.974. The van der Waals surface area contributed by atoms with Gasteiger partial charge in [-0.25, -0.2) is 4.79 Å². The van der Waals surface area contributed by atoms with E-state index in [9.17, 15) is 19.7 Å². The van der Waals surface area contributed by atoms with E-state index in [-0.39, 0.29) is 11.1 Å². The van der Waals surface area contributed by atoms with Crippen molar-refractivity contribution in [1.29, 1.82) is 0 Å². The predicted octanol–water partition coefficient (Wildman–Crippen LogP) is 3.87. The number of esters is 1. The van der Waals surface area contributed by atoms with E-state index < -0.39 is 16.8 Å². The Balaban J connectivity index is 2.01. The van der Waals surface area contributed by atoms with Gasteiger partial charge >= 0.3 is 11.0 Å². The Morgan fingerprint density at radius 2 is 2.04 bits per heavy atom. The van der Waals surface area contributed by atoms with Crippen LogP contribution in [0.4, 0.5) is 10.7 Å². The first-order chi connectivity index (χ1) is 11.8. The van der Waals surface area contributed by atoms with Gasteiger partial charge in [-0.1, -0.05) is 17.4 Å². The average Bonchev–Trinajstić information content (AvgIpc) is 3.02. The van der Waals surface area contributed by atoms with E-state index in [4.69, 9.17) is 4.74 Å². The molecule has 1 amide bonds. The summed E-state index contributed by atoms with van der Waals surface area (Å²) in [7, 11) is 0. The lowest BCUT2D eigenvalue weighted by atomic mass is 10.2. The smallest absolute Gasteiger partial charge is 0.338 e. The Kier molecular flexibility index (Phi) is 6.02. The summed E-state index contributed by atoms with van der Waals surface area (Å²) in [4.78, 5) is 34.5. The lowest BCUT2D eigenvalue weighted by Gasteiger charge is -2.09. The van der Waals surface area contributed by atoms with Gasteiger partial charge in [0.1, 0.15) is 0 Å². The molecule has 0 aliphatic heterocycles. The van der Waals surface area contributed by atoms with Crippen LogP contribution in [0.15, 0.2) is 42.5 Å². The first-order valence-corrected chi connectivity index (χ1v) is 8.21. The summed E-state index contributed by atoms with van der Waals surface area (Å²) in [5.74, 6) is -0.877. The van der Waals surface area contributed by atoms with Gasteiger partial charge in [0.05, 0.1) is 16.6 Å². The Bertz CT molecular complexity index is 826. The van der Waals surface area contributed by atoms with Crippen LogP contribution >= 0.6 is 11.3 Å². The molecule has 2 aromatic rings. The molecule has 1 heterocycles. The standard InChI is InChI=1S/C17H16N2O5S/c1-11(2)24-17(21)12-4-3-5-13(10-12)18-15(20)8-6-14-7-9-16(25-14)19(22)23/h3-11H,1-2H3,(H,18,20)/b8-6+. The van der Waals surface area contributed by atoms with Gasteiger partial charge in [-0.2, -0.15) is 0 Å². The molecule has 0 spiro atoms. The third-order valence-electron chi connectivity index (χ3n) is 2.90. The van der Waals surface area contributed by atoms with Crippen LogP contribution in [0.3, 0.4) is 0 Å². The molecule has 130 valence electrons. The Hall–Kier alpha value is -3.00. The molecule has 1 aromatic carbocycles. The molecule has 1 N–H and O–H groups in total. The minimum atomic E-state index is -0.482. The van der Waals surface area contributed by atoms with E-state index in [1.54, 1.807) is 38.1 Å². The van der Waals surface area contributed by atoms with Crippen molar-refractivity contribution in [3.63, 3.8) is 0 Å². The van der Waals surface area contributed by atoms with Crippen LogP contribution in [0, 0.1) is 10.1 Å². The summed E-state index contributed by atoms with van der Waals surface area (Å²) in [5.41, 5.74) is 0.786. The summed E-state index contributed by atoms with van der Waals surface area (Å²) in [6, 6.07) is 9.35. The molecule has 0 saturated heterocycles. The van der Waals surface area contributed by atoms with Crippen molar-refractivity contribution < 1.29 is 19.2 Å². The third-order valence-corrected chi connectivity index (χ3v) is 3.90. The van der Waals surface area contributed by atoms with Gasteiger partial charge in [0.2, 0.25) is 5.91 Å². The molecule has 0 unspecified atom stereocenters. The number of hydrogen-bond acceptors (Lipinski definition) is 6. The summed E-state index contributed by atoms with van der Waals surface area (Å²) in [6.07, 6.45) is 2.53. The third kappa shape index (κ3) is 5.54. The van der Waals surface area contributed by atoms with Crippen molar-refractivity contribution in [2.45, 2.75) is 20.0 Å². The van der Waals surface area contributed by atoms with Crippen molar-refractivity contribution in [3.8, 4) is 0 Å². The minimum absolute atomic E-state index is 0.0106. The van der Waals surface area contributed by atoms with Crippen molar-refractivity contribution in [3.05, 3.63) is 63.0 Å². The number of nitro groups is 1. The number of rotatable bonds is 6.